The Morgan fingerprint density at radius 3 is 2.53 bits per heavy atom. The minimum absolute atomic E-state index is 0.117. The van der Waals surface area contributed by atoms with E-state index in [2.05, 4.69) is 67.8 Å². The SMILES string of the molecule is CC(C)c1ccccc1[C@@H]1COCCN1[C@@H]1CCCC2(CCN(c3ccc(C(=O)NS(=O)(=O)c4ccc(NCC5CCC(C)(O)CC5)c([N+](=O)[O-])c4)c(N4c5cc6cc[nH]c6nc5O[C@H]5COCC[C@@H]54)c3)CC2)C1. The summed E-state index contributed by atoms with van der Waals surface area (Å²) in [5.74, 6) is 0.115. The Hall–Kier alpha value is -5.79. The van der Waals surface area contributed by atoms with Crippen molar-refractivity contribution in [2.24, 2.45) is 11.3 Å². The molecule has 74 heavy (non-hydrogen) atoms. The van der Waals surface area contributed by atoms with Gasteiger partial charge < -0.3 is 39.4 Å². The number of carbonyl (C=O) groups is 1. The number of aromatic amines is 1. The predicted molar refractivity (Wildman–Crippen MR) is 284 cm³/mol. The van der Waals surface area contributed by atoms with Crippen LogP contribution < -0.4 is 24.6 Å². The summed E-state index contributed by atoms with van der Waals surface area (Å²) in [6, 6.07) is 22.5. The van der Waals surface area contributed by atoms with E-state index in [1.54, 1.807) is 6.07 Å². The summed E-state index contributed by atoms with van der Waals surface area (Å²) >= 11 is 0. The van der Waals surface area contributed by atoms with Gasteiger partial charge in [-0.15, -0.1) is 0 Å². The second kappa shape index (κ2) is 20.4. The number of rotatable bonds is 12. The number of pyridine rings is 1. The number of nitrogens with zero attached hydrogens (tertiary/aromatic N) is 5. The number of amides is 1. The number of H-pyrrole nitrogens is 1. The number of nitro groups is 1. The van der Waals surface area contributed by atoms with Crippen LogP contribution in [0.15, 0.2) is 83.9 Å². The largest absolute Gasteiger partial charge is 0.468 e. The van der Waals surface area contributed by atoms with Gasteiger partial charge in [-0.25, -0.2) is 13.1 Å². The van der Waals surface area contributed by atoms with Crippen molar-refractivity contribution < 1.29 is 37.5 Å². The molecule has 6 aliphatic rings. The first-order chi connectivity index (χ1) is 35.6. The maximum atomic E-state index is 14.8. The molecule has 3 aromatic carbocycles. The number of benzene rings is 3. The van der Waals surface area contributed by atoms with Crippen LogP contribution in [0.3, 0.4) is 0 Å². The lowest BCUT2D eigenvalue weighted by Gasteiger charge is -2.51. The van der Waals surface area contributed by atoms with E-state index < -0.39 is 43.1 Å². The molecule has 3 saturated heterocycles. The van der Waals surface area contributed by atoms with E-state index in [0.717, 1.165) is 75.5 Å². The summed E-state index contributed by atoms with van der Waals surface area (Å²) in [4.78, 5) is 41.4. The van der Waals surface area contributed by atoms with Crippen molar-refractivity contribution in [3.05, 3.63) is 106 Å². The zero-order chi connectivity index (χ0) is 51.4. The summed E-state index contributed by atoms with van der Waals surface area (Å²) in [5, 5.41) is 26.8. The van der Waals surface area contributed by atoms with Crippen molar-refractivity contribution in [3.8, 4) is 5.88 Å². The molecule has 394 valence electrons. The number of carbonyl (C=O) groups excluding carboxylic acids is 1. The van der Waals surface area contributed by atoms with Crippen molar-refractivity contribution in [2.75, 3.05) is 67.7 Å². The van der Waals surface area contributed by atoms with Crippen molar-refractivity contribution in [1.29, 1.82) is 0 Å². The summed E-state index contributed by atoms with van der Waals surface area (Å²) < 4.78 is 49.4. The number of piperidine rings is 1. The van der Waals surface area contributed by atoms with Crippen LogP contribution in [0.25, 0.3) is 11.0 Å². The van der Waals surface area contributed by atoms with E-state index >= 15 is 0 Å². The average Bonchev–Trinajstić information content (AvgIpc) is 3.87. The number of fused-ring (bicyclic) bond motifs is 3. The molecule has 1 amide bonds. The van der Waals surface area contributed by atoms with Gasteiger partial charge in [0.25, 0.3) is 21.6 Å². The molecule has 1 spiro atoms. The number of nitro benzene ring substituents is 1. The van der Waals surface area contributed by atoms with Gasteiger partial charge in [-0.2, -0.15) is 4.98 Å². The molecule has 6 heterocycles. The molecule has 17 nitrogen and oxygen atoms in total. The minimum Gasteiger partial charge on any atom is -0.468 e. The summed E-state index contributed by atoms with van der Waals surface area (Å²) in [6.45, 7) is 11.6. The van der Waals surface area contributed by atoms with E-state index in [1.807, 2.05) is 37.4 Å². The number of sulfonamides is 1. The number of aromatic nitrogens is 2. The maximum Gasteiger partial charge on any atom is 0.293 e. The van der Waals surface area contributed by atoms with Gasteiger partial charge in [0.1, 0.15) is 23.1 Å². The van der Waals surface area contributed by atoms with Crippen LogP contribution in [-0.4, -0.2) is 116 Å². The number of hydrogen-bond donors (Lipinski definition) is 4. The van der Waals surface area contributed by atoms with Crippen LogP contribution in [0.1, 0.15) is 125 Å². The number of anilines is 4. The van der Waals surface area contributed by atoms with Crippen molar-refractivity contribution in [2.45, 2.75) is 132 Å². The second-order valence-corrected chi connectivity index (χ2v) is 24.1. The lowest BCUT2D eigenvalue weighted by atomic mass is 9.66. The molecule has 5 fully saturated rings. The molecule has 0 unspecified atom stereocenters. The van der Waals surface area contributed by atoms with Gasteiger partial charge in [0.15, 0.2) is 0 Å². The van der Waals surface area contributed by atoms with E-state index in [4.69, 9.17) is 19.2 Å². The number of hydrogen-bond acceptors (Lipinski definition) is 14. The Balaban J connectivity index is 0.878. The molecular weight excluding hydrogens is 961 g/mol. The van der Waals surface area contributed by atoms with Crippen LogP contribution in [0.5, 0.6) is 5.88 Å². The van der Waals surface area contributed by atoms with Gasteiger partial charge in [0.2, 0.25) is 5.88 Å². The van der Waals surface area contributed by atoms with Gasteiger partial charge in [-0.1, -0.05) is 44.5 Å². The monoisotopic (exact) mass is 1030 g/mol. The average molecular weight is 1030 g/mol. The van der Waals surface area contributed by atoms with E-state index in [1.165, 1.54) is 42.5 Å². The van der Waals surface area contributed by atoms with Gasteiger partial charge in [0.05, 0.1) is 58.6 Å². The molecule has 11 rings (SSSR count). The highest BCUT2D eigenvalue weighted by molar-refractivity contribution is 7.90. The molecule has 2 saturated carbocycles. The third-order valence-corrected chi connectivity index (χ3v) is 18.6. The summed E-state index contributed by atoms with van der Waals surface area (Å²) in [7, 11) is -4.63. The minimum atomic E-state index is -4.63. The van der Waals surface area contributed by atoms with Crippen molar-refractivity contribution in [1.82, 2.24) is 19.6 Å². The standard InChI is InChI=1S/C56H70N8O9S/c1-36(2)42-8-4-5-9-43(42)50-34-72-28-26-62(50)40-7-6-18-56(32-40)21-24-61(25-22-56)39-10-12-44(47(30-39)63-46-17-27-71-35-51(46)73-54-49(63)29-38-16-23-57-52(38)59-54)53(65)60-74(69,70)41-11-13-45(48(31-41)64(67)68)58-33-37-14-19-55(3,66)20-15-37/h4-5,8-13,16,23,29-31,36-37,40,46,50-51,58,66H,6-7,14-15,17-22,24-28,32-35H2,1-3H3,(H,57,59)(H,60,65)/t37?,40-,46+,50+,51+,55?/m1/s1. The molecule has 2 aliphatic carbocycles. The number of morpholine rings is 1. The highest BCUT2D eigenvalue weighted by atomic mass is 32.2. The first kappa shape index (κ1) is 50.4. The fraction of sp³-hybridized carbons (Fsp3) is 0.536. The van der Waals surface area contributed by atoms with Crippen LogP contribution in [0.2, 0.25) is 0 Å². The summed E-state index contributed by atoms with van der Waals surface area (Å²) in [5.41, 5.74) is 4.86. The fourth-order valence-electron chi connectivity index (χ4n) is 13.1. The third kappa shape index (κ3) is 10.1. The Labute approximate surface area is 433 Å². The fourth-order valence-corrected chi connectivity index (χ4v) is 14.1. The normalized spacial score (nSPS) is 26.3. The lowest BCUT2D eigenvalue weighted by molar-refractivity contribution is -0.384. The molecule has 4 atom stereocenters. The quantitative estimate of drug-likeness (QED) is 0.0679. The Kier molecular flexibility index (Phi) is 13.9. The molecular formula is C56H70N8O9S. The predicted octanol–water partition coefficient (Wildman–Crippen LogP) is 9.36. The first-order valence-corrected chi connectivity index (χ1v) is 28.3. The zero-order valence-electron chi connectivity index (χ0n) is 42.8. The van der Waals surface area contributed by atoms with Crippen molar-refractivity contribution in [3.63, 3.8) is 0 Å². The maximum absolute atomic E-state index is 14.8. The Morgan fingerprint density at radius 2 is 1.73 bits per heavy atom. The number of ether oxygens (including phenoxy) is 3. The molecule has 18 heteroatoms. The zero-order valence-corrected chi connectivity index (χ0v) is 43.6. The van der Waals surface area contributed by atoms with Crippen LogP contribution >= 0.6 is 0 Å². The van der Waals surface area contributed by atoms with Gasteiger partial charge in [-0.05, 0) is 142 Å². The van der Waals surface area contributed by atoms with Crippen LogP contribution in [-0.2, 0) is 19.5 Å². The smallest absolute Gasteiger partial charge is 0.293 e. The first-order valence-electron chi connectivity index (χ1n) is 26.8. The van der Waals surface area contributed by atoms with Crippen LogP contribution in [0.4, 0.5) is 28.4 Å². The third-order valence-electron chi connectivity index (χ3n) is 17.3. The summed E-state index contributed by atoms with van der Waals surface area (Å²) in [6.07, 6.45) is 11.5. The lowest BCUT2D eigenvalue weighted by Crippen LogP contribution is -2.53. The molecule has 4 N–H and O–H groups in total. The van der Waals surface area contributed by atoms with E-state index in [9.17, 15) is 28.4 Å². The van der Waals surface area contributed by atoms with E-state index in [0.29, 0.717) is 80.5 Å². The second-order valence-electron chi connectivity index (χ2n) is 22.4. The van der Waals surface area contributed by atoms with Crippen LogP contribution in [0, 0.1) is 21.4 Å². The Bertz CT molecular complexity index is 3000. The molecule has 0 bridgehead atoms. The number of aliphatic hydroxyl groups is 1. The Morgan fingerprint density at radius 1 is 0.932 bits per heavy atom. The van der Waals surface area contributed by atoms with Gasteiger partial charge >= 0.3 is 0 Å². The van der Waals surface area contributed by atoms with Gasteiger partial charge in [0, 0.05) is 62.2 Å². The molecule has 0 radical (unpaired) electrons. The van der Waals surface area contributed by atoms with Gasteiger partial charge in [-0.3, -0.25) is 19.8 Å². The highest BCUT2D eigenvalue weighted by Crippen LogP contribution is 2.50. The molecule has 4 aliphatic heterocycles. The molecule has 2 aromatic heterocycles. The highest BCUT2D eigenvalue weighted by Gasteiger charge is 2.45. The number of nitrogens with one attached hydrogen (secondary N) is 3. The van der Waals surface area contributed by atoms with Crippen molar-refractivity contribution >= 4 is 55.4 Å². The topological polar surface area (TPSA) is 205 Å². The van der Waals surface area contributed by atoms with E-state index in [-0.39, 0.29) is 34.7 Å². The molecule has 5 aromatic rings.